The van der Waals surface area contributed by atoms with Gasteiger partial charge < -0.3 is 10.8 Å². The zero-order chi connectivity index (χ0) is 11.5. The average molecular weight is 222 g/mol. The Morgan fingerprint density at radius 1 is 1.44 bits per heavy atom. The molecule has 2 rings (SSSR count). The number of benzene rings is 1. The summed E-state index contributed by atoms with van der Waals surface area (Å²) in [4.78, 5) is 16.6. The third-order valence-electron chi connectivity index (χ3n) is 2.52. The molecule has 0 bridgehead atoms. The van der Waals surface area contributed by atoms with Crippen LogP contribution < -0.4 is 10.8 Å². The first-order chi connectivity index (χ1) is 7.72. The van der Waals surface area contributed by atoms with Crippen molar-refractivity contribution in [2.75, 3.05) is 18.3 Å². The van der Waals surface area contributed by atoms with Gasteiger partial charge in [0, 0.05) is 0 Å². The maximum absolute atomic E-state index is 11.4. The van der Waals surface area contributed by atoms with E-state index in [1.807, 2.05) is 0 Å². The molecule has 1 fully saturated rings. The summed E-state index contributed by atoms with van der Waals surface area (Å²) in [6, 6.07) is 6.70. The van der Waals surface area contributed by atoms with Gasteiger partial charge in [0.15, 0.2) is 0 Å². The zero-order valence-electron chi connectivity index (χ0n) is 8.80. The van der Waals surface area contributed by atoms with Crippen LogP contribution in [0.1, 0.15) is 18.0 Å². The summed E-state index contributed by atoms with van der Waals surface area (Å²) >= 11 is 0. The van der Waals surface area contributed by atoms with Gasteiger partial charge in [-0.2, -0.15) is 5.06 Å². The van der Waals surface area contributed by atoms with E-state index in [-0.39, 0.29) is 18.6 Å². The molecule has 5 nitrogen and oxygen atoms in total. The predicted octanol–water partition coefficient (Wildman–Crippen LogP) is 0.347. The SMILES string of the molecule is NC(CO)c1ccc(N2OCCC2=O)cc1. The van der Waals surface area contributed by atoms with Gasteiger partial charge in [-0.25, -0.2) is 0 Å². The third-order valence-corrected chi connectivity index (χ3v) is 2.52. The number of hydroxylamine groups is 1. The topological polar surface area (TPSA) is 75.8 Å². The molecule has 1 amide bonds. The van der Waals surface area contributed by atoms with E-state index in [1.54, 1.807) is 24.3 Å². The van der Waals surface area contributed by atoms with Crippen LogP contribution in [-0.2, 0) is 9.63 Å². The van der Waals surface area contributed by atoms with Gasteiger partial charge in [0.25, 0.3) is 5.91 Å². The Kier molecular flexibility index (Phi) is 3.19. The number of nitrogens with zero attached hydrogens (tertiary/aromatic N) is 1. The molecule has 0 radical (unpaired) electrons. The minimum Gasteiger partial charge on any atom is -0.394 e. The van der Waals surface area contributed by atoms with Crippen LogP contribution in [0.2, 0.25) is 0 Å². The molecule has 1 unspecified atom stereocenters. The lowest BCUT2D eigenvalue weighted by atomic mass is 10.1. The molecule has 1 aromatic carbocycles. The normalized spacial score (nSPS) is 17.9. The van der Waals surface area contributed by atoms with Crippen LogP contribution in [-0.4, -0.2) is 24.2 Å². The first kappa shape index (κ1) is 11.1. The molecule has 0 aliphatic carbocycles. The number of aliphatic hydroxyl groups excluding tert-OH is 1. The summed E-state index contributed by atoms with van der Waals surface area (Å²) < 4.78 is 0. The molecule has 5 heteroatoms. The van der Waals surface area contributed by atoms with Crippen molar-refractivity contribution in [3.8, 4) is 0 Å². The number of amides is 1. The van der Waals surface area contributed by atoms with Gasteiger partial charge in [-0.15, -0.1) is 0 Å². The Bertz CT molecular complexity index is 377. The predicted molar refractivity (Wildman–Crippen MR) is 58.5 cm³/mol. The molecular formula is C11H14N2O3. The van der Waals surface area contributed by atoms with E-state index in [0.717, 1.165) is 5.56 Å². The van der Waals surface area contributed by atoms with Gasteiger partial charge in [0.05, 0.1) is 31.4 Å². The van der Waals surface area contributed by atoms with Crippen LogP contribution in [0.5, 0.6) is 0 Å². The molecule has 1 aliphatic rings. The highest BCUT2D eigenvalue weighted by Crippen LogP contribution is 2.22. The standard InChI is InChI=1S/C11H14N2O3/c12-10(7-14)8-1-3-9(4-2-8)13-11(15)5-6-16-13/h1-4,10,14H,5-7,12H2. The second-order valence-electron chi connectivity index (χ2n) is 3.65. The second kappa shape index (κ2) is 4.61. The first-order valence-electron chi connectivity index (χ1n) is 5.14. The third kappa shape index (κ3) is 2.06. The number of rotatable bonds is 3. The maximum atomic E-state index is 11.4. The van der Waals surface area contributed by atoms with Gasteiger partial charge >= 0.3 is 0 Å². The monoisotopic (exact) mass is 222 g/mol. The minimum atomic E-state index is -0.385. The van der Waals surface area contributed by atoms with Gasteiger partial charge in [0.1, 0.15) is 0 Å². The number of hydrogen-bond donors (Lipinski definition) is 2. The van der Waals surface area contributed by atoms with Crippen LogP contribution >= 0.6 is 0 Å². The van der Waals surface area contributed by atoms with Crippen molar-refractivity contribution in [2.24, 2.45) is 5.73 Å². The highest BCUT2D eigenvalue weighted by Gasteiger charge is 2.23. The molecule has 3 N–H and O–H groups in total. The lowest BCUT2D eigenvalue weighted by molar-refractivity contribution is -0.119. The summed E-state index contributed by atoms with van der Waals surface area (Å²) in [5, 5.41) is 10.2. The Morgan fingerprint density at radius 2 is 2.12 bits per heavy atom. The fraction of sp³-hybridized carbons (Fsp3) is 0.364. The molecule has 0 aromatic heterocycles. The Labute approximate surface area is 93.4 Å². The Hall–Kier alpha value is -1.43. The van der Waals surface area contributed by atoms with E-state index < -0.39 is 0 Å². The second-order valence-corrected chi connectivity index (χ2v) is 3.65. The van der Waals surface area contributed by atoms with Gasteiger partial charge in [-0.3, -0.25) is 9.63 Å². The lowest BCUT2D eigenvalue weighted by Crippen LogP contribution is -2.22. The molecule has 1 aromatic rings. The summed E-state index contributed by atoms with van der Waals surface area (Å²) in [6.07, 6.45) is 0.415. The lowest BCUT2D eigenvalue weighted by Gasteiger charge is -2.15. The fourth-order valence-electron chi connectivity index (χ4n) is 1.58. The van der Waals surface area contributed by atoms with Crippen LogP contribution in [0.25, 0.3) is 0 Å². The van der Waals surface area contributed by atoms with Crippen molar-refractivity contribution in [3.63, 3.8) is 0 Å². The number of anilines is 1. The molecule has 1 atom stereocenters. The quantitative estimate of drug-likeness (QED) is 0.773. The van der Waals surface area contributed by atoms with E-state index in [4.69, 9.17) is 15.7 Å². The van der Waals surface area contributed by atoms with Crippen molar-refractivity contribution in [1.82, 2.24) is 0 Å². The van der Waals surface area contributed by atoms with Crippen molar-refractivity contribution in [1.29, 1.82) is 0 Å². The number of aliphatic hydroxyl groups is 1. The van der Waals surface area contributed by atoms with Gasteiger partial charge in [-0.1, -0.05) is 12.1 Å². The zero-order valence-corrected chi connectivity index (χ0v) is 8.80. The highest BCUT2D eigenvalue weighted by molar-refractivity contribution is 5.92. The summed E-state index contributed by atoms with van der Waals surface area (Å²) in [5.74, 6) is -0.0424. The van der Waals surface area contributed by atoms with Crippen molar-refractivity contribution in [3.05, 3.63) is 29.8 Å². The number of carbonyl (C=O) groups is 1. The van der Waals surface area contributed by atoms with Crippen molar-refractivity contribution >= 4 is 11.6 Å². The minimum absolute atomic E-state index is 0.0424. The average Bonchev–Trinajstić information content (AvgIpc) is 2.75. The molecule has 1 aliphatic heterocycles. The number of carbonyl (C=O) groups excluding carboxylic acids is 1. The van der Waals surface area contributed by atoms with Gasteiger partial charge in [0.2, 0.25) is 0 Å². The summed E-state index contributed by atoms with van der Waals surface area (Å²) in [5.41, 5.74) is 7.19. The van der Waals surface area contributed by atoms with Gasteiger partial charge in [-0.05, 0) is 17.7 Å². The van der Waals surface area contributed by atoms with Crippen LogP contribution in [0.4, 0.5) is 5.69 Å². The Balaban J connectivity index is 2.15. The molecule has 0 saturated carbocycles. The molecule has 1 saturated heterocycles. The van der Waals surface area contributed by atoms with E-state index in [0.29, 0.717) is 18.7 Å². The molecular weight excluding hydrogens is 208 g/mol. The Morgan fingerprint density at radius 3 is 2.62 bits per heavy atom. The van der Waals surface area contributed by atoms with Crippen LogP contribution in [0, 0.1) is 0 Å². The van der Waals surface area contributed by atoms with Crippen LogP contribution in [0.3, 0.4) is 0 Å². The first-order valence-corrected chi connectivity index (χ1v) is 5.14. The maximum Gasteiger partial charge on any atom is 0.253 e. The van der Waals surface area contributed by atoms with E-state index >= 15 is 0 Å². The van der Waals surface area contributed by atoms with Crippen molar-refractivity contribution in [2.45, 2.75) is 12.5 Å². The number of nitrogens with two attached hydrogens (primary N) is 1. The smallest absolute Gasteiger partial charge is 0.253 e. The van der Waals surface area contributed by atoms with Crippen LogP contribution in [0.15, 0.2) is 24.3 Å². The van der Waals surface area contributed by atoms with Crippen molar-refractivity contribution < 1.29 is 14.7 Å². The van der Waals surface area contributed by atoms with E-state index in [9.17, 15) is 4.79 Å². The fourth-order valence-corrected chi connectivity index (χ4v) is 1.58. The summed E-state index contributed by atoms with van der Waals surface area (Å²) in [6.45, 7) is 0.329. The number of hydrogen-bond acceptors (Lipinski definition) is 4. The largest absolute Gasteiger partial charge is 0.394 e. The highest BCUT2D eigenvalue weighted by atomic mass is 16.7. The molecule has 86 valence electrons. The van der Waals surface area contributed by atoms with E-state index in [1.165, 1.54) is 5.06 Å². The van der Waals surface area contributed by atoms with E-state index in [2.05, 4.69) is 0 Å². The molecule has 16 heavy (non-hydrogen) atoms. The molecule has 0 spiro atoms. The summed E-state index contributed by atoms with van der Waals surface area (Å²) in [7, 11) is 0. The molecule has 1 heterocycles.